The fourth-order valence-electron chi connectivity index (χ4n) is 1.20. The van der Waals surface area contributed by atoms with Gasteiger partial charge in [0.2, 0.25) is 5.56 Å². The molecule has 4 nitrogen and oxygen atoms in total. The standard InChI is InChI=1S/C9H14N2O2/c1-5-3-8(13)11-4-7(5)9(10)6(2)12/h3-4,6,9,12H,10H2,1-2H3,(H,11,13)/t6-,9-/m0/s1. The van der Waals surface area contributed by atoms with E-state index >= 15 is 0 Å². The second-order valence-electron chi connectivity index (χ2n) is 3.20. The molecule has 0 aliphatic heterocycles. The number of aliphatic hydroxyl groups is 1. The SMILES string of the molecule is Cc1cc(=O)[nH]cc1[C@@H](N)[C@H](C)O. The van der Waals surface area contributed by atoms with E-state index in [2.05, 4.69) is 4.98 Å². The lowest BCUT2D eigenvalue weighted by atomic mass is 10.0. The number of aryl methyl sites for hydroxylation is 1. The number of rotatable bonds is 2. The summed E-state index contributed by atoms with van der Waals surface area (Å²) in [6, 6.07) is 1.02. The number of nitrogens with two attached hydrogens (primary N) is 1. The Bertz CT molecular complexity index is 344. The lowest BCUT2D eigenvalue weighted by Crippen LogP contribution is -2.25. The summed E-state index contributed by atoms with van der Waals surface area (Å²) < 4.78 is 0. The van der Waals surface area contributed by atoms with Gasteiger partial charge in [0.15, 0.2) is 0 Å². The Morgan fingerprint density at radius 1 is 1.62 bits per heavy atom. The second kappa shape index (κ2) is 3.72. The van der Waals surface area contributed by atoms with Gasteiger partial charge in [-0.2, -0.15) is 0 Å². The first kappa shape index (κ1) is 9.95. The van der Waals surface area contributed by atoms with Crippen LogP contribution in [0.1, 0.15) is 24.1 Å². The predicted octanol–water partition coefficient (Wildman–Crippen LogP) is 0.0639. The Kier molecular flexibility index (Phi) is 2.85. The van der Waals surface area contributed by atoms with Crippen LogP contribution in [0.4, 0.5) is 0 Å². The fourth-order valence-corrected chi connectivity index (χ4v) is 1.20. The summed E-state index contributed by atoms with van der Waals surface area (Å²) in [6.07, 6.45) is 0.930. The van der Waals surface area contributed by atoms with Gasteiger partial charge < -0.3 is 15.8 Å². The third kappa shape index (κ3) is 2.17. The van der Waals surface area contributed by atoms with Crippen molar-refractivity contribution in [3.05, 3.63) is 33.7 Å². The highest BCUT2D eigenvalue weighted by Crippen LogP contribution is 2.15. The minimum Gasteiger partial charge on any atom is -0.391 e. The molecular weight excluding hydrogens is 168 g/mol. The van der Waals surface area contributed by atoms with Crippen LogP contribution in [0, 0.1) is 6.92 Å². The summed E-state index contributed by atoms with van der Waals surface area (Å²) in [7, 11) is 0. The normalized spacial score (nSPS) is 15.4. The van der Waals surface area contributed by atoms with Gasteiger partial charge >= 0.3 is 0 Å². The minimum atomic E-state index is -0.621. The average molecular weight is 182 g/mol. The number of aromatic nitrogens is 1. The molecule has 72 valence electrons. The van der Waals surface area contributed by atoms with E-state index in [1.807, 2.05) is 0 Å². The number of H-pyrrole nitrogens is 1. The van der Waals surface area contributed by atoms with Crippen LogP contribution >= 0.6 is 0 Å². The molecule has 0 spiro atoms. The highest BCUT2D eigenvalue weighted by molar-refractivity contribution is 5.25. The summed E-state index contributed by atoms with van der Waals surface area (Å²) in [5, 5.41) is 9.25. The molecule has 0 aliphatic rings. The molecule has 0 aliphatic carbocycles. The molecule has 4 heteroatoms. The largest absolute Gasteiger partial charge is 0.391 e. The summed E-state index contributed by atoms with van der Waals surface area (Å²) in [5.74, 6) is 0. The molecule has 0 bridgehead atoms. The van der Waals surface area contributed by atoms with Crippen molar-refractivity contribution in [3.63, 3.8) is 0 Å². The van der Waals surface area contributed by atoms with Gasteiger partial charge in [-0.25, -0.2) is 0 Å². The molecule has 0 fully saturated rings. The first-order valence-electron chi connectivity index (χ1n) is 4.15. The van der Waals surface area contributed by atoms with Crippen LogP contribution in [-0.4, -0.2) is 16.2 Å². The van der Waals surface area contributed by atoms with Crippen LogP contribution in [0.15, 0.2) is 17.1 Å². The van der Waals surface area contributed by atoms with Gasteiger partial charge in [0.25, 0.3) is 0 Å². The number of aliphatic hydroxyl groups excluding tert-OH is 1. The molecule has 0 saturated heterocycles. The van der Waals surface area contributed by atoms with Crippen molar-refractivity contribution in [1.82, 2.24) is 4.98 Å². The van der Waals surface area contributed by atoms with E-state index < -0.39 is 12.1 Å². The molecule has 1 heterocycles. The number of aromatic amines is 1. The Labute approximate surface area is 76.4 Å². The smallest absolute Gasteiger partial charge is 0.248 e. The Balaban J connectivity index is 3.08. The number of nitrogens with one attached hydrogen (secondary N) is 1. The van der Waals surface area contributed by atoms with Gasteiger partial charge in [0, 0.05) is 12.3 Å². The van der Waals surface area contributed by atoms with Crippen LogP contribution in [0.5, 0.6) is 0 Å². The zero-order valence-corrected chi connectivity index (χ0v) is 7.74. The van der Waals surface area contributed by atoms with Crippen LogP contribution in [0.2, 0.25) is 0 Å². The molecule has 1 rings (SSSR count). The van der Waals surface area contributed by atoms with Gasteiger partial charge in [-0.15, -0.1) is 0 Å². The summed E-state index contributed by atoms with van der Waals surface area (Å²) in [6.45, 7) is 3.42. The topological polar surface area (TPSA) is 79.1 Å². The van der Waals surface area contributed by atoms with Crippen LogP contribution < -0.4 is 11.3 Å². The maximum absolute atomic E-state index is 10.9. The lowest BCUT2D eigenvalue weighted by Gasteiger charge is -2.16. The maximum Gasteiger partial charge on any atom is 0.248 e. The van der Waals surface area contributed by atoms with E-state index in [4.69, 9.17) is 5.73 Å². The van der Waals surface area contributed by atoms with Gasteiger partial charge in [0.1, 0.15) is 0 Å². The molecule has 0 unspecified atom stereocenters. The molecule has 0 radical (unpaired) electrons. The van der Waals surface area contributed by atoms with Crippen molar-refractivity contribution in [2.24, 2.45) is 5.73 Å². The summed E-state index contributed by atoms with van der Waals surface area (Å²) in [4.78, 5) is 13.4. The van der Waals surface area contributed by atoms with Crippen molar-refractivity contribution in [1.29, 1.82) is 0 Å². The third-order valence-corrected chi connectivity index (χ3v) is 2.05. The van der Waals surface area contributed by atoms with Crippen molar-refractivity contribution < 1.29 is 5.11 Å². The fraction of sp³-hybridized carbons (Fsp3) is 0.444. The Morgan fingerprint density at radius 2 is 2.23 bits per heavy atom. The van der Waals surface area contributed by atoms with Crippen molar-refractivity contribution in [3.8, 4) is 0 Å². The van der Waals surface area contributed by atoms with E-state index in [0.29, 0.717) is 0 Å². The molecule has 0 aromatic carbocycles. The average Bonchev–Trinajstić information content (AvgIpc) is 2.03. The molecule has 0 saturated carbocycles. The highest BCUT2D eigenvalue weighted by atomic mass is 16.3. The molecule has 2 atom stereocenters. The van der Waals surface area contributed by atoms with Crippen LogP contribution in [0.25, 0.3) is 0 Å². The Hall–Kier alpha value is -1.13. The summed E-state index contributed by atoms with van der Waals surface area (Å²) in [5.41, 5.74) is 7.14. The minimum absolute atomic E-state index is 0.154. The molecule has 1 aromatic heterocycles. The molecule has 0 amide bonds. The van der Waals surface area contributed by atoms with Gasteiger partial charge in [-0.1, -0.05) is 0 Å². The van der Waals surface area contributed by atoms with Gasteiger partial charge in [-0.05, 0) is 25.0 Å². The van der Waals surface area contributed by atoms with E-state index in [-0.39, 0.29) is 5.56 Å². The number of hydrogen-bond acceptors (Lipinski definition) is 3. The monoisotopic (exact) mass is 182 g/mol. The third-order valence-electron chi connectivity index (χ3n) is 2.05. The molecule has 4 N–H and O–H groups in total. The van der Waals surface area contributed by atoms with E-state index in [1.165, 1.54) is 6.07 Å². The van der Waals surface area contributed by atoms with E-state index in [0.717, 1.165) is 11.1 Å². The van der Waals surface area contributed by atoms with Crippen molar-refractivity contribution in [2.75, 3.05) is 0 Å². The lowest BCUT2D eigenvalue weighted by molar-refractivity contribution is 0.164. The first-order chi connectivity index (χ1) is 6.02. The highest BCUT2D eigenvalue weighted by Gasteiger charge is 2.14. The van der Waals surface area contributed by atoms with E-state index in [1.54, 1.807) is 20.0 Å². The zero-order valence-electron chi connectivity index (χ0n) is 7.74. The first-order valence-corrected chi connectivity index (χ1v) is 4.15. The Morgan fingerprint density at radius 3 is 2.69 bits per heavy atom. The van der Waals surface area contributed by atoms with E-state index in [9.17, 15) is 9.90 Å². The van der Waals surface area contributed by atoms with Crippen molar-refractivity contribution in [2.45, 2.75) is 26.0 Å². The predicted molar refractivity (Wildman–Crippen MR) is 50.4 cm³/mol. The molecule has 13 heavy (non-hydrogen) atoms. The number of hydrogen-bond donors (Lipinski definition) is 3. The van der Waals surface area contributed by atoms with Crippen molar-refractivity contribution >= 4 is 0 Å². The molecule has 1 aromatic rings. The second-order valence-corrected chi connectivity index (χ2v) is 3.20. The zero-order chi connectivity index (χ0) is 10.0. The summed E-state index contributed by atoms with van der Waals surface area (Å²) >= 11 is 0. The van der Waals surface area contributed by atoms with Crippen LogP contribution in [0.3, 0.4) is 0 Å². The maximum atomic E-state index is 10.9. The van der Waals surface area contributed by atoms with Crippen LogP contribution in [-0.2, 0) is 0 Å². The van der Waals surface area contributed by atoms with Gasteiger partial charge in [0.05, 0.1) is 12.1 Å². The number of pyridine rings is 1. The van der Waals surface area contributed by atoms with Gasteiger partial charge in [-0.3, -0.25) is 4.79 Å². The quantitative estimate of drug-likeness (QED) is 0.605. The molecular formula is C9H14N2O2.